The first-order chi connectivity index (χ1) is 14.3. The number of fused-ring (bicyclic) bond motifs is 2. The number of hydrogen-bond donors (Lipinski definition) is 2. The molecule has 8 nitrogen and oxygen atoms in total. The molecular weight excluding hydrogens is 410 g/mol. The molecule has 30 heavy (non-hydrogen) atoms. The Morgan fingerprint density at radius 1 is 1.10 bits per heavy atom. The fourth-order valence-electron chi connectivity index (χ4n) is 3.18. The van der Waals surface area contributed by atoms with E-state index in [4.69, 9.17) is 13.7 Å². The Labute approximate surface area is 171 Å². The van der Waals surface area contributed by atoms with Crippen LogP contribution >= 0.6 is 0 Å². The molecule has 4 rings (SSSR count). The molecule has 0 unspecified atom stereocenters. The number of para-hydroxylation sites is 3. The molecular formula is C21H17NO7S. The Hall–Kier alpha value is -3.52. The SMILES string of the molecule is O=c1oc2ccccc2c(O)c1C=C=C1Oc2ccccc2N1CCCS(=O)(=O)O. The van der Waals surface area contributed by atoms with Crippen LogP contribution in [-0.4, -0.2) is 30.4 Å². The molecule has 1 aliphatic heterocycles. The maximum Gasteiger partial charge on any atom is 0.348 e. The second kappa shape index (κ2) is 7.72. The molecule has 1 aliphatic rings. The van der Waals surface area contributed by atoms with Crippen LogP contribution in [0.25, 0.3) is 17.0 Å². The highest BCUT2D eigenvalue weighted by molar-refractivity contribution is 7.85. The monoisotopic (exact) mass is 427 g/mol. The second-order valence-electron chi connectivity index (χ2n) is 6.60. The Bertz CT molecular complexity index is 1350. The lowest BCUT2D eigenvalue weighted by Gasteiger charge is -2.16. The van der Waals surface area contributed by atoms with Crippen LogP contribution in [-0.2, 0) is 10.1 Å². The summed E-state index contributed by atoms with van der Waals surface area (Å²) in [6.07, 6.45) is 1.41. The quantitative estimate of drug-likeness (QED) is 0.362. The van der Waals surface area contributed by atoms with Crippen LogP contribution in [0.15, 0.2) is 69.4 Å². The van der Waals surface area contributed by atoms with Crippen molar-refractivity contribution in [3.05, 3.63) is 76.1 Å². The van der Waals surface area contributed by atoms with Gasteiger partial charge in [-0.2, -0.15) is 8.42 Å². The van der Waals surface area contributed by atoms with Gasteiger partial charge in [-0.05, 0) is 30.7 Å². The minimum atomic E-state index is -4.09. The highest BCUT2D eigenvalue weighted by atomic mass is 32.2. The summed E-state index contributed by atoms with van der Waals surface area (Å²) < 4.78 is 42.0. The van der Waals surface area contributed by atoms with Crippen LogP contribution in [0.2, 0.25) is 0 Å². The molecule has 0 saturated heterocycles. The Balaban J connectivity index is 1.73. The van der Waals surface area contributed by atoms with E-state index in [1.165, 1.54) is 6.08 Å². The zero-order valence-corrected chi connectivity index (χ0v) is 16.4. The first kappa shape index (κ1) is 19.8. The van der Waals surface area contributed by atoms with Crippen molar-refractivity contribution in [2.45, 2.75) is 6.42 Å². The molecule has 0 spiro atoms. The molecule has 154 valence electrons. The van der Waals surface area contributed by atoms with E-state index in [0.29, 0.717) is 16.8 Å². The molecule has 2 N–H and O–H groups in total. The third-order valence-corrected chi connectivity index (χ3v) is 5.36. The van der Waals surface area contributed by atoms with Crippen LogP contribution in [0.1, 0.15) is 12.0 Å². The number of aromatic hydroxyl groups is 1. The van der Waals surface area contributed by atoms with Crippen LogP contribution in [0.3, 0.4) is 0 Å². The van der Waals surface area contributed by atoms with Gasteiger partial charge in [0.05, 0.1) is 16.8 Å². The van der Waals surface area contributed by atoms with Crippen LogP contribution < -0.4 is 15.3 Å². The molecule has 0 aliphatic carbocycles. The predicted molar refractivity (Wildman–Crippen MR) is 111 cm³/mol. The summed E-state index contributed by atoms with van der Waals surface area (Å²) in [4.78, 5) is 14.0. The van der Waals surface area contributed by atoms with Gasteiger partial charge < -0.3 is 19.2 Å². The lowest BCUT2D eigenvalue weighted by molar-refractivity contribution is 0.438. The summed E-state index contributed by atoms with van der Waals surface area (Å²) in [5, 5.41) is 10.9. The fourth-order valence-corrected chi connectivity index (χ4v) is 3.67. The van der Waals surface area contributed by atoms with Crippen molar-refractivity contribution in [2.75, 3.05) is 17.2 Å². The summed E-state index contributed by atoms with van der Waals surface area (Å²) >= 11 is 0. The van der Waals surface area contributed by atoms with E-state index in [2.05, 4.69) is 5.73 Å². The Morgan fingerprint density at radius 3 is 2.63 bits per heavy atom. The van der Waals surface area contributed by atoms with E-state index in [0.717, 1.165) is 0 Å². The van der Waals surface area contributed by atoms with Gasteiger partial charge in [0.1, 0.15) is 16.9 Å². The fraction of sp³-hybridized carbons (Fsp3) is 0.143. The number of ether oxygens (including phenoxy) is 1. The van der Waals surface area contributed by atoms with Gasteiger partial charge in [-0.25, -0.2) is 4.79 Å². The van der Waals surface area contributed by atoms with E-state index in [-0.39, 0.29) is 35.7 Å². The zero-order valence-electron chi connectivity index (χ0n) is 15.6. The number of rotatable bonds is 5. The maximum absolute atomic E-state index is 12.3. The standard InChI is InChI=1S/C21H17NO7S/c23-20-14-6-1-3-8-17(14)29-21(24)15(20)10-11-19-22(12-5-13-30(25,26)27)16-7-2-4-9-18(16)28-19/h1-4,6-10,23H,5,12-13H2,(H,25,26,27). The Kier molecular flexibility index (Phi) is 5.09. The van der Waals surface area contributed by atoms with Gasteiger partial charge in [0.15, 0.2) is 5.75 Å². The van der Waals surface area contributed by atoms with Crippen molar-refractivity contribution in [3.63, 3.8) is 0 Å². The molecule has 0 bridgehead atoms. The van der Waals surface area contributed by atoms with Crippen molar-refractivity contribution in [1.82, 2.24) is 0 Å². The first-order valence-electron chi connectivity index (χ1n) is 9.04. The number of anilines is 1. The summed E-state index contributed by atoms with van der Waals surface area (Å²) in [6.45, 7) is 0.227. The molecule has 9 heteroatoms. The highest BCUT2D eigenvalue weighted by Gasteiger charge is 2.26. The van der Waals surface area contributed by atoms with Crippen LogP contribution in [0.5, 0.6) is 11.5 Å². The first-order valence-corrected chi connectivity index (χ1v) is 10.7. The molecule has 0 radical (unpaired) electrons. The lowest BCUT2D eigenvalue weighted by atomic mass is 10.1. The van der Waals surface area contributed by atoms with Crippen LogP contribution in [0, 0.1) is 0 Å². The third kappa shape index (κ3) is 3.95. The molecule has 0 amide bonds. The van der Waals surface area contributed by atoms with Gasteiger partial charge in [0.2, 0.25) is 5.88 Å². The maximum atomic E-state index is 12.3. The minimum absolute atomic E-state index is 0.0846. The normalized spacial score (nSPS) is 13.1. The van der Waals surface area contributed by atoms with E-state index < -0.39 is 21.5 Å². The molecule has 2 heterocycles. The average Bonchev–Trinajstić information content (AvgIpc) is 3.04. The summed E-state index contributed by atoms with van der Waals surface area (Å²) in [5.41, 5.74) is 3.00. The van der Waals surface area contributed by atoms with Gasteiger partial charge in [-0.1, -0.05) is 30.0 Å². The average molecular weight is 427 g/mol. The smallest absolute Gasteiger partial charge is 0.348 e. The van der Waals surface area contributed by atoms with Gasteiger partial charge in [-0.15, -0.1) is 0 Å². The lowest BCUT2D eigenvalue weighted by Crippen LogP contribution is -2.23. The van der Waals surface area contributed by atoms with E-state index in [9.17, 15) is 18.3 Å². The minimum Gasteiger partial charge on any atom is -0.506 e. The summed E-state index contributed by atoms with van der Waals surface area (Å²) in [5.74, 6) is 0.120. The van der Waals surface area contributed by atoms with Crippen molar-refractivity contribution in [1.29, 1.82) is 0 Å². The van der Waals surface area contributed by atoms with Crippen molar-refractivity contribution in [2.24, 2.45) is 0 Å². The van der Waals surface area contributed by atoms with Crippen molar-refractivity contribution < 1.29 is 27.2 Å². The Morgan fingerprint density at radius 2 is 1.83 bits per heavy atom. The predicted octanol–water partition coefficient (Wildman–Crippen LogP) is 3.13. The van der Waals surface area contributed by atoms with Gasteiger partial charge in [0, 0.05) is 12.6 Å². The van der Waals surface area contributed by atoms with Crippen LogP contribution in [0.4, 0.5) is 5.69 Å². The largest absolute Gasteiger partial charge is 0.506 e. The van der Waals surface area contributed by atoms with E-state index >= 15 is 0 Å². The highest BCUT2D eigenvalue weighted by Crippen LogP contribution is 2.38. The summed E-state index contributed by atoms with van der Waals surface area (Å²) in [7, 11) is -4.09. The topological polar surface area (TPSA) is 117 Å². The van der Waals surface area contributed by atoms with Gasteiger partial charge in [-0.3, -0.25) is 4.55 Å². The molecule has 0 saturated carbocycles. The summed E-state index contributed by atoms with van der Waals surface area (Å²) in [6, 6.07) is 13.7. The van der Waals surface area contributed by atoms with E-state index in [1.807, 2.05) is 0 Å². The van der Waals surface area contributed by atoms with Gasteiger partial charge >= 0.3 is 5.63 Å². The third-order valence-electron chi connectivity index (χ3n) is 4.55. The number of nitrogens with zero attached hydrogens (tertiary/aromatic N) is 1. The van der Waals surface area contributed by atoms with Crippen molar-refractivity contribution >= 4 is 32.9 Å². The van der Waals surface area contributed by atoms with Gasteiger partial charge in [0.25, 0.3) is 10.1 Å². The van der Waals surface area contributed by atoms with Crippen molar-refractivity contribution in [3.8, 4) is 11.5 Å². The molecule has 2 aromatic carbocycles. The molecule has 3 aromatic rings. The molecule has 0 atom stereocenters. The number of benzene rings is 2. The molecule has 1 aromatic heterocycles. The number of hydrogen-bond acceptors (Lipinski definition) is 7. The zero-order chi connectivity index (χ0) is 21.3. The van der Waals surface area contributed by atoms with E-state index in [1.54, 1.807) is 53.4 Å². The molecule has 0 fully saturated rings. The second-order valence-corrected chi connectivity index (χ2v) is 8.17.